The van der Waals surface area contributed by atoms with Gasteiger partial charge < -0.3 is 15.9 Å². The third-order valence-electron chi connectivity index (χ3n) is 1.68. The summed E-state index contributed by atoms with van der Waals surface area (Å²) in [6.07, 6.45) is 2.72. The second-order valence-electron chi connectivity index (χ2n) is 2.56. The lowest BCUT2D eigenvalue weighted by Gasteiger charge is -2.10. The van der Waals surface area contributed by atoms with Gasteiger partial charge in [-0.1, -0.05) is 0 Å². The molecule has 0 fully saturated rings. The second kappa shape index (κ2) is 3.97. The first-order valence-corrected chi connectivity index (χ1v) is 3.70. The Hall–Kier alpha value is -1.46. The van der Waals surface area contributed by atoms with Crippen LogP contribution in [0.1, 0.15) is 22.0 Å². The van der Waals surface area contributed by atoms with Crippen LogP contribution in [-0.2, 0) is 0 Å². The molecule has 1 aromatic heterocycles. The number of rotatable bonds is 3. The molecule has 0 unspecified atom stereocenters. The minimum Gasteiger partial charge on any atom is -0.478 e. The van der Waals surface area contributed by atoms with Crippen LogP contribution in [0.15, 0.2) is 18.5 Å². The molecule has 0 aliphatic carbocycles. The van der Waals surface area contributed by atoms with E-state index >= 15 is 0 Å². The molecule has 1 atom stereocenters. The van der Waals surface area contributed by atoms with E-state index in [1.54, 1.807) is 0 Å². The molecule has 0 radical (unpaired) electrons. The first-order chi connectivity index (χ1) is 6.16. The molecule has 0 saturated carbocycles. The first-order valence-electron chi connectivity index (χ1n) is 3.70. The Morgan fingerprint density at radius 3 is 2.92 bits per heavy atom. The molecule has 1 rings (SSSR count). The van der Waals surface area contributed by atoms with E-state index in [0.717, 1.165) is 0 Å². The van der Waals surface area contributed by atoms with E-state index in [1.165, 1.54) is 18.5 Å². The number of pyridine rings is 1. The smallest absolute Gasteiger partial charge is 0.336 e. The fourth-order valence-corrected chi connectivity index (χ4v) is 0.995. The molecule has 0 bridgehead atoms. The number of carbonyl (C=O) groups is 1. The molecule has 0 aromatic carbocycles. The summed E-state index contributed by atoms with van der Waals surface area (Å²) in [7, 11) is 0. The molecular weight excluding hydrogens is 172 g/mol. The van der Waals surface area contributed by atoms with Crippen LogP contribution in [0.4, 0.5) is 0 Å². The number of hydrogen-bond donors (Lipinski definition) is 3. The second-order valence-corrected chi connectivity index (χ2v) is 2.56. The average Bonchev–Trinajstić information content (AvgIpc) is 2.16. The highest BCUT2D eigenvalue weighted by Gasteiger charge is 2.14. The summed E-state index contributed by atoms with van der Waals surface area (Å²) in [5.74, 6) is -1.07. The van der Waals surface area contributed by atoms with Crippen molar-refractivity contribution in [2.24, 2.45) is 5.73 Å². The summed E-state index contributed by atoms with van der Waals surface area (Å²) in [6.45, 7) is -0.300. The molecule has 0 saturated heterocycles. The largest absolute Gasteiger partial charge is 0.478 e. The summed E-state index contributed by atoms with van der Waals surface area (Å²) in [5.41, 5.74) is 5.90. The average molecular weight is 182 g/mol. The van der Waals surface area contributed by atoms with Crippen molar-refractivity contribution in [2.45, 2.75) is 6.04 Å². The summed E-state index contributed by atoms with van der Waals surface area (Å²) in [4.78, 5) is 14.4. The molecule has 0 spiro atoms. The Kier molecular flexibility index (Phi) is 2.94. The Morgan fingerprint density at radius 2 is 2.38 bits per heavy atom. The predicted octanol–water partition coefficient (Wildman–Crippen LogP) is -0.228. The number of aliphatic hydroxyl groups excluding tert-OH is 1. The number of hydrogen-bond acceptors (Lipinski definition) is 4. The number of carboxylic acid groups (broad SMARTS) is 1. The standard InChI is InChI=1S/C8H10N2O3/c9-7(4-11)6-3-10-2-1-5(6)8(12)13/h1-3,7,11H,4,9H2,(H,12,13)/t7-/m1/s1. The zero-order valence-electron chi connectivity index (χ0n) is 6.84. The van der Waals surface area contributed by atoms with Gasteiger partial charge in [0.05, 0.1) is 18.2 Å². The quantitative estimate of drug-likeness (QED) is 0.600. The monoisotopic (exact) mass is 182 g/mol. The lowest BCUT2D eigenvalue weighted by molar-refractivity contribution is 0.0694. The van der Waals surface area contributed by atoms with Crippen molar-refractivity contribution in [2.75, 3.05) is 6.61 Å². The van der Waals surface area contributed by atoms with Gasteiger partial charge in [-0.3, -0.25) is 4.98 Å². The fourth-order valence-electron chi connectivity index (χ4n) is 0.995. The summed E-state index contributed by atoms with van der Waals surface area (Å²) in [5, 5.41) is 17.5. The Morgan fingerprint density at radius 1 is 1.69 bits per heavy atom. The highest BCUT2D eigenvalue weighted by molar-refractivity contribution is 5.89. The van der Waals surface area contributed by atoms with Gasteiger partial charge in [-0.2, -0.15) is 0 Å². The van der Waals surface area contributed by atoms with Gasteiger partial charge in [-0.25, -0.2) is 4.79 Å². The van der Waals surface area contributed by atoms with Gasteiger partial charge in [0.2, 0.25) is 0 Å². The number of nitrogens with two attached hydrogens (primary N) is 1. The van der Waals surface area contributed by atoms with E-state index < -0.39 is 12.0 Å². The third-order valence-corrected chi connectivity index (χ3v) is 1.68. The minimum atomic E-state index is -1.07. The molecular formula is C8H10N2O3. The molecule has 5 nitrogen and oxygen atoms in total. The van der Waals surface area contributed by atoms with E-state index in [-0.39, 0.29) is 12.2 Å². The molecule has 1 aromatic rings. The zero-order valence-corrected chi connectivity index (χ0v) is 6.84. The van der Waals surface area contributed by atoms with Gasteiger partial charge in [0.1, 0.15) is 0 Å². The van der Waals surface area contributed by atoms with Gasteiger partial charge in [0.25, 0.3) is 0 Å². The lowest BCUT2D eigenvalue weighted by atomic mass is 10.0. The van der Waals surface area contributed by atoms with E-state index in [2.05, 4.69) is 4.98 Å². The normalized spacial score (nSPS) is 12.5. The van der Waals surface area contributed by atoms with Crippen LogP contribution in [0, 0.1) is 0 Å². The maximum absolute atomic E-state index is 10.7. The zero-order chi connectivity index (χ0) is 9.84. The van der Waals surface area contributed by atoms with Crippen molar-refractivity contribution < 1.29 is 15.0 Å². The van der Waals surface area contributed by atoms with Crippen LogP contribution < -0.4 is 5.73 Å². The molecule has 13 heavy (non-hydrogen) atoms. The Balaban J connectivity index is 3.11. The van der Waals surface area contributed by atoms with Crippen LogP contribution in [0.3, 0.4) is 0 Å². The number of aromatic carboxylic acids is 1. The highest BCUT2D eigenvalue weighted by Crippen LogP contribution is 2.13. The fraction of sp³-hybridized carbons (Fsp3) is 0.250. The van der Waals surface area contributed by atoms with Crippen molar-refractivity contribution in [1.82, 2.24) is 4.98 Å². The summed E-state index contributed by atoms with van der Waals surface area (Å²) < 4.78 is 0. The van der Waals surface area contributed by atoms with Crippen LogP contribution in [0.5, 0.6) is 0 Å². The first kappa shape index (κ1) is 9.63. The number of aliphatic hydroxyl groups is 1. The van der Waals surface area contributed by atoms with Crippen LogP contribution >= 0.6 is 0 Å². The van der Waals surface area contributed by atoms with Gasteiger partial charge in [-0.15, -0.1) is 0 Å². The highest BCUT2D eigenvalue weighted by atomic mass is 16.4. The summed E-state index contributed by atoms with van der Waals surface area (Å²) in [6, 6.07) is 0.660. The number of nitrogens with zero attached hydrogens (tertiary/aromatic N) is 1. The van der Waals surface area contributed by atoms with E-state index in [9.17, 15) is 4.79 Å². The SMILES string of the molecule is N[C@H](CO)c1cnccc1C(=O)O. The van der Waals surface area contributed by atoms with Gasteiger partial charge in [0, 0.05) is 18.0 Å². The Bertz CT molecular complexity index is 314. The molecule has 70 valence electrons. The molecule has 0 aliphatic rings. The van der Waals surface area contributed by atoms with E-state index in [4.69, 9.17) is 15.9 Å². The third kappa shape index (κ3) is 2.01. The van der Waals surface area contributed by atoms with Crippen molar-refractivity contribution in [1.29, 1.82) is 0 Å². The van der Waals surface area contributed by atoms with Crippen molar-refractivity contribution in [3.63, 3.8) is 0 Å². The minimum absolute atomic E-state index is 0.0801. The topological polar surface area (TPSA) is 96.4 Å². The van der Waals surface area contributed by atoms with Gasteiger partial charge in [0.15, 0.2) is 0 Å². The predicted molar refractivity (Wildman–Crippen MR) is 45.2 cm³/mol. The maximum Gasteiger partial charge on any atom is 0.336 e. The molecule has 0 aliphatic heterocycles. The molecule has 4 N–H and O–H groups in total. The van der Waals surface area contributed by atoms with Gasteiger partial charge in [-0.05, 0) is 6.07 Å². The maximum atomic E-state index is 10.7. The van der Waals surface area contributed by atoms with Crippen molar-refractivity contribution >= 4 is 5.97 Å². The van der Waals surface area contributed by atoms with Crippen LogP contribution in [0.25, 0.3) is 0 Å². The number of carboxylic acids is 1. The van der Waals surface area contributed by atoms with Crippen molar-refractivity contribution in [3.05, 3.63) is 29.6 Å². The molecule has 1 heterocycles. The van der Waals surface area contributed by atoms with Crippen molar-refractivity contribution in [3.8, 4) is 0 Å². The van der Waals surface area contributed by atoms with E-state index in [0.29, 0.717) is 5.56 Å². The summed E-state index contributed by atoms with van der Waals surface area (Å²) >= 11 is 0. The number of aromatic nitrogens is 1. The molecule has 5 heteroatoms. The van der Waals surface area contributed by atoms with Crippen LogP contribution in [-0.4, -0.2) is 27.8 Å². The molecule has 0 amide bonds. The van der Waals surface area contributed by atoms with Gasteiger partial charge >= 0.3 is 5.97 Å². The van der Waals surface area contributed by atoms with Crippen LogP contribution in [0.2, 0.25) is 0 Å². The van der Waals surface area contributed by atoms with E-state index in [1.807, 2.05) is 0 Å². The lowest BCUT2D eigenvalue weighted by Crippen LogP contribution is -2.18. The Labute approximate surface area is 74.8 Å².